The number of benzene rings is 1. The number of Topliss-reactive ketones (excluding diaryl/α,β-unsaturated/α-hetero) is 1. The third kappa shape index (κ3) is 2.35. The van der Waals surface area contributed by atoms with Crippen molar-refractivity contribution in [2.45, 2.75) is 18.2 Å². The van der Waals surface area contributed by atoms with Gasteiger partial charge in [-0.1, -0.05) is 17.3 Å². The largest absolute Gasteiger partial charge is 0.505 e. The van der Waals surface area contributed by atoms with E-state index in [2.05, 4.69) is 14.9 Å². The zero-order chi connectivity index (χ0) is 15.9. The zero-order valence-electron chi connectivity index (χ0n) is 11.4. The Kier molecular flexibility index (Phi) is 3.21. The Morgan fingerprint density at radius 3 is 2.82 bits per heavy atom. The number of carbonyl (C=O) groups excluding carboxylic acids is 1. The average Bonchev–Trinajstić information content (AvgIpc) is 2.90. The number of nitrogens with zero attached hydrogens (tertiary/aromatic N) is 2. The van der Waals surface area contributed by atoms with Crippen molar-refractivity contribution in [1.29, 1.82) is 0 Å². The van der Waals surface area contributed by atoms with Gasteiger partial charge in [-0.2, -0.15) is 4.98 Å². The molecule has 0 bridgehead atoms. The van der Waals surface area contributed by atoms with Crippen molar-refractivity contribution >= 4 is 27.3 Å². The minimum Gasteiger partial charge on any atom is -0.505 e. The number of aliphatic hydroxyl groups excluding tert-OH is 1. The van der Waals surface area contributed by atoms with Crippen LogP contribution in [-0.2, 0) is 21.2 Å². The van der Waals surface area contributed by atoms with Crippen LogP contribution in [0.25, 0.3) is 11.5 Å². The second-order valence-corrected chi connectivity index (χ2v) is 6.37. The maximum absolute atomic E-state index is 12.2. The summed E-state index contributed by atoms with van der Waals surface area (Å²) in [6.45, 7) is 1.37. The van der Waals surface area contributed by atoms with Gasteiger partial charge in [-0.25, -0.2) is 8.42 Å². The highest BCUT2D eigenvalue weighted by atomic mass is 32.2. The van der Waals surface area contributed by atoms with Gasteiger partial charge in [0, 0.05) is 5.56 Å². The molecule has 0 saturated carbocycles. The summed E-state index contributed by atoms with van der Waals surface area (Å²) in [5, 5.41) is 13.8. The first-order valence-electron chi connectivity index (χ1n) is 6.26. The molecule has 3 rings (SSSR count). The third-order valence-electron chi connectivity index (χ3n) is 2.99. The van der Waals surface area contributed by atoms with Crippen molar-refractivity contribution in [2.75, 3.05) is 0 Å². The normalized spacial score (nSPS) is 16.0. The van der Waals surface area contributed by atoms with E-state index in [9.17, 15) is 18.3 Å². The molecular weight excluding hydrogens is 310 g/mol. The summed E-state index contributed by atoms with van der Waals surface area (Å²) in [5.41, 5.74) is -0.0661. The number of nitrogens with one attached hydrogen (secondary N) is 1. The van der Waals surface area contributed by atoms with Gasteiger partial charge in [-0.15, -0.1) is 0 Å². The van der Waals surface area contributed by atoms with Gasteiger partial charge >= 0.3 is 0 Å². The number of hydrogen-bond donors (Lipinski definition) is 2. The maximum atomic E-state index is 12.2. The fourth-order valence-corrected chi connectivity index (χ4v) is 3.34. The fraction of sp³-hybridized carbons (Fsp3) is 0.154. The number of rotatable bonds is 3. The zero-order valence-corrected chi connectivity index (χ0v) is 12.2. The number of sulfonamides is 1. The van der Waals surface area contributed by atoms with Crippen LogP contribution in [0.15, 0.2) is 33.7 Å². The van der Waals surface area contributed by atoms with E-state index in [0.717, 1.165) is 0 Å². The number of fused-ring (bicyclic) bond motifs is 1. The molecular formula is C13H11N3O5S. The molecule has 0 unspecified atom stereocenters. The van der Waals surface area contributed by atoms with Crippen LogP contribution >= 0.6 is 0 Å². The van der Waals surface area contributed by atoms with E-state index in [4.69, 9.17) is 4.52 Å². The van der Waals surface area contributed by atoms with E-state index in [1.54, 1.807) is 12.1 Å². The van der Waals surface area contributed by atoms with Crippen LogP contribution in [0.4, 0.5) is 0 Å². The molecule has 0 fully saturated rings. The predicted octanol–water partition coefficient (Wildman–Crippen LogP) is 0.877. The monoisotopic (exact) mass is 321 g/mol. The fourth-order valence-electron chi connectivity index (χ4n) is 2.06. The summed E-state index contributed by atoms with van der Waals surface area (Å²) in [4.78, 5) is 14.9. The Bertz CT molecular complexity index is 898. The topological polar surface area (TPSA) is 122 Å². The highest BCUT2D eigenvalue weighted by Crippen LogP contribution is 2.32. The third-order valence-corrected chi connectivity index (χ3v) is 4.40. The summed E-state index contributed by atoms with van der Waals surface area (Å²) in [6, 6.07) is 5.99. The number of aliphatic hydroxyl groups is 1. The molecule has 0 spiro atoms. The Morgan fingerprint density at radius 1 is 1.36 bits per heavy atom. The lowest BCUT2D eigenvalue weighted by atomic mass is 10.1. The molecule has 22 heavy (non-hydrogen) atoms. The lowest BCUT2D eigenvalue weighted by molar-refractivity contribution is -0.116. The molecule has 114 valence electrons. The van der Waals surface area contributed by atoms with Gasteiger partial charge in [-0.3, -0.25) is 9.52 Å². The molecule has 0 atom stereocenters. The van der Waals surface area contributed by atoms with Crippen molar-refractivity contribution in [3.05, 3.63) is 41.5 Å². The highest BCUT2D eigenvalue weighted by Gasteiger charge is 2.32. The predicted molar refractivity (Wildman–Crippen MR) is 74.9 cm³/mol. The number of aromatic nitrogens is 2. The summed E-state index contributed by atoms with van der Waals surface area (Å²) in [6.07, 6.45) is -0.0408. The van der Waals surface area contributed by atoms with E-state index >= 15 is 0 Å². The molecule has 1 aliphatic heterocycles. The quantitative estimate of drug-likeness (QED) is 0.860. The van der Waals surface area contributed by atoms with Crippen LogP contribution < -0.4 is 4.72 Å². The van der Waals surface area contributed by atoms with E-state index < -0.39 is 10.0 Å². The molecule has 2 N–H and O–H groups in total. The van der Waals surface area contributed by atoms with Crippen LogP contribution in [0.3, 0.4) is 0 Å². The molecule has 2 heterocycles. The summed E-state index contributed by atoms with van der Waals surface area (Å²) < 4.78 is 31.5. The Morgan fingerprint density at radius 2 is 2.09 bits per heavy atom. The molecule has 1 aliphatic rings. The van der Waals surface area contributed by atoms with Crippen LogP contribution in [-0.4, -0.2) is 29.4 Å². The molecule has 0 radical (unpaired) electrons. The molecule has 0 amide bonds. The van der Waals surface area contributed by atoms with Crippen molar-refractivity contribution in [2.24, 2.45) is 0 Å². The summed E-state index contributed by atoms with van der Waals surface area (Å²) in [5.74, 6) is -0.573. The number of ketones is 1. The first-order valence-corrected chi connectivity index (χ1v) is 7.74. The minimum atomic E-state index is -3.85. The lowest BCUT2D eigenvalue weighted by Crippen LogP contribution is -2.28. The molecule has 1 aromatic carbocycles. The van der Waals surface area contributed by atoms with E-state index in [0.29, 0.717) is 0 Å². The van der Waals surface area contributed by atoms with Gasteiger partial charge in [0.1, 0.15) is 5.78 Å². The van der Waals surface area contributed by atoms with Gasteiger partial charge in [0.25, 0.3) is 15.9 Å². The van der Waals surface area contributed by atoms with Crippen molar-refractivity contribution in [1.82, 2.24) is 14.9 Å². The van der Waals surface area contributed by atoms with Crippen LogP contribution in [0.5, 0.6) is 0 Å². The molecule has 0 aliphatic carbocycles. The summed E-state index contributed by atoms with van der Waals surface area (Å²) >= 11 is 0. The van der Waals surface area contributed by atoms with Gasteiger partial charge in [0.05, 0.1) is 11.3 Å². The van der Waals surface area contributed by atoms with Crippen LogP contribution in [0, 0.1) is 0 Å². The van der Waals surface area contributed by atoms with Crippen LogP contribution in [0.1, 0.15) is 24.2 Å². The van der Waals surface area contributed by atoms with Crippen molar-refractivity contribution in [3.8, 4) is 0 Å². The van der Waals surface area contributed by atoms with Gasteiger partial charge in [-0.05, 0) is 19.1 Å². The second kappa shape index (κ2) is 4.95. The molecule has 0 saturated heterocycles. The SMILES string of the molecule is CC(=O)Cc1noc(C2=C(O)c3ccccc3S(=O)(=O)N2)n1. The number of carbonyl (C=O) groups is 1. The minimum absolute atomic E-state index is 0.0408. The maximum Gasteiger partial charge on any atom is 0.278 e. The molecule has 9 heteroatoms. The molecule has 2 aromatic rings. The van der Waals surface area contributed by atoms with E-state index in [-0.39, 0.29) is 45.8 Å². The Hall–Kier alpha value is -2.68. The van der Waals surface area contributed by atoms with Crippen molar-refractivity contribution in [3.63, 3.8) is 0 Å². The van der Waals surface area contributed by atoms with Gasteiger partial charge < -0.3 is 9.63 Å². The average molecular weight is 321 g/mol. The van der Waals surface area contributed by atoms with Gasteiger partial charge in [0.2, 0.25) is 0 Å². The smallest absolute Gasteiger partial charge is 0.278 e. The van der Waals surface area contributed by atoms with Crippen LogP contribution in [0.2, 0.25) is 0 Å². The van der Waals surface area contributed by atoms with Gasteiger partial charge in [0.15, 0.2) is 17.3 Å². The Labute approximate surface area is 125 Å². The Balaban J connectivity index is 2.11. The highest BCUT2D eigenvalue weighted by molar-refractivity contribution is 7.90. The first-order chi connectivity index (χ1) is 10.4. The molecule has 8 nitrogen and oxygen atoms in total. The standard InChI is InChI=1S/C13H11N3O5S/c1-7(17)6-10-14-13(21-15-10)11-12(18)8-4-2-3-5-9(8)22(19,20)16-11/h2-5,16,18H,6H2,1H3. The number of hydrogen-bond acceptors (Lipinski definition) is 7. The second-order valence-electron chi connectivity index (χ2n) is 4.72. The lowest BCUT2D eigenvalue weighted by Gasteiger charge is -2.19. The van der Waals surface area contributed by atoms with E-state index in [1.807, 2.05) is 0 Å². The first kappa shape index (κ1) is 14.3. The summed E-state index contributed by atoms with van der Waals surface area (Å²) in [7, 11) is -3.85. The van der Waals surface area contributed by atoms with E-state index in [1.165, 1.54) is 19.1 Å². The molecule has 1 aromatic heterocycles. The van der Waals surface area contributed by atoms with Crippen molar-refractivity contribution < 1.29 is 22.8 Å².